The van der Waals surface area contributed by atoms with Crippen LogP contribution in [-0.4, -0.2) is 19.1 Å². The molecule has 0 bridgehead atoms. The molecule has 2 heterocycles. The van der Waals surface area contributed by atoms with Crippen molar-refractivity contribution >= 4 is 23.3 Å². The van der Waals surface area contributed by atoms with Crippen molar-refractivity contribution in [1.82, 2.24) is 19.1 Å². The van der Waals surface area contributed by atoms with Gasteiger partial charge in [0.05, 0.1) is 11.0 Å². The van der Waals surface area contributed by atoms with Gasteiger partial charge >= 0.3 is 0 Å². The standard InChI is InChI=1S/C13H13FN4S/c1-17-7-5-15-12(17)4-6-18-11-8-9(14)2-3-10(11)16-13(18)19/h2-3,5,7-8H,4,6H2,1H3,(H,16,19). The number of aromatic amines is 1. The van der Waals surface area contributed by atoms with Gasteiger partial charge in [-0.15, -0.1) is 0 Å². The van der Waals surface area contributed by atoms with Crippen molar-refractivity contribution < 1.29 is 4.39 Å². The quantitative estimate of drug-likeness (QED) is 0.747. The number of nitrogens with one attached hydrogen (secondary N) is 1. The van der Waals surface area contributed by atoms with E-state index in [-0.39, 0.29) is 5.82 Å². The molecule has 3 rings (SSSR count). The smallest absolute Gasteiger partial charge is 0.178 e. The largest absolute Gasteiger partial charge is 0.338 e. The van der Waals surface area contributed by atoms with Crippen molar-refractivity contribution in [2.75, 3.05) is 0 Å². The van der Waals surface area contributed by atoms with Crippen LogP contribution in [0.25, 0.3) is 11.0 Å². The molecule has 0 saturated carbocycles. The lowest BCUT2D eigenvalue weighted by molar-refractivity contribution is 0.625. The second-order valence-corrected chi connectivity index (χ2v) is 4.83. The van der Waals surface area contributed by atoms with Gasteiger partial charge in [-0.05, 0) is 30.4 Å². The van der Waals surface area contributed by atoms with Crippen molar-refractivity contribution in [1.29, 1.82) is 0 Å². The van der Waals surface area contributed by atoms with Gasteiger partial charge < -0.3 is 14.1 Å². The van der Waals surface area contributed by atoms with Gasteiger partial charge in [-0.1, -0.05) is 0 Å². The Kier molecular flexibility index (Phi) is 2.94. The zero-order chi connectivity index (χ0) is 13.4. The fourth-order valence-corrected chi connectivity index (χ4v) is 2.50. The Morgan fingerprint density at radius 3 is 3.00 bits per heavy atom. The lowest BCUT2D eigenvalue weighted by Crippen LogP contribution is -2.05. The summed E-state index contributed by atoms with van der Waals surface area (Å²) in [5.41, 5.74) is 1.64. The number of benzene rings is 1. The molecule has 0 fully saturated rings. The van der Waals surface area contributed by atoms with Crippen LogP contribution in [0.15, 0.2) is 30.6 Å². The van der Waals surface area contributed by atoms with Crippen LogP contribution in [-0.2, 0) is 20.0 Å². The van der Waals surface area contributed by atoms with Gasteiger partial charge in [0.15, 0.2) is 4.77 Å². The van der Waals surface area contributed by atoms with Crippen LogP contribution < -0.4 is 0 Å². The Balaban J connectivity index is 1.96. The summed E-state index contributed by atoms with van der Waals surface area (Å²) in [7, 11) is 1.95. The number of hydrogen-bond donors (Lipinski definition) is 1. The number of imidazole rings is 2. The number of hydrogen-bond acceptors (Lipinski definition) is 2. The first-order valence-electron chi connectivity index (χ1n) is 5.99. The normalized spacial score (nSPS) is 11.3. The van der Waals surface area contributed by atoms with Crippen LogP contribution in [0.2, 0.25) is 0 Å². The van der Waals surface area contributed by atoms with E-state index in [0.29, 0.717) is 11.3 Å². The lowest BCUT2D eigenvalue weighted by atomic mass is 10.3. The summed E-state index contributed by atoms with van der Waals surface area (Å²) in [6, 6.07) is 4.63. The van der Waals surface area contributed by atoms with Crippen molar-refractivity contribution in [3.63, 3.8) is 0 Å². The topological polar surface area (TPSA) is 38.5 Å². The molecule has 1 aromatic carbocycles. The van der Waals surface area contributed by atoms with Crippen molar-refractivity contribution in [3.8, 4) is 0 Å². The molecule has 0 saturated heterocycles. The molecule has 98 valence electrons. The van der Waals surface area contributed by atoms with Gasteiger partial charge in [0.2, 0.25) is 0 Å². The first-order valence-corrected chi connectivity index (χ1v) is 6.40. The summed E-state index contributed by atoms with van der Waals surface area (Å²) >= 11 is 5.28. The zero-order valence-electron chi connectivity index (χ0n) is 10.4. The molecule has 0 aliphatic heterocycles. The van der Waals surface area contributed by atoms with Gasteiger partial charge in [0.25, 0.3) is 0 Å². The summed E-state index contributed by atoms with van der Waals surface area (Å²) in [5, 5.41) is 0. The lowest BCUT2D eigenvalue weighted by Gasteiger charge is -2.05. The number of H-pyrrole nitrogens is 1. The van der Waals surface area contributed by atoms with Crippen molar-refractivity contribution in [2.45, 2.75) is 13.0 Å². The molecule has 19 heavy (non-hydrogen) atoms. The molecule has 6 heteroatoms. The monoisotopic (exact) mass is 276 g/mol. The SMILES string of the molecule is Cn1ccnc1CCn1c(=S)[nH]c2ccc(F)cc21. The van der Waals surface area contributed by atoms with Crippen LogP contribution in [0.5, 0.6) is 0 Å². The zero-order valence-corrected chi connectivity index (χ0v) is 11.2. The van der Waals surface area contributed by atoms with Crippen LogP contribution in [0.3, 0.4) is 0 Å². The van der Waals surface area contributed by atoms with E-state index in [9.17, 15) is 4.39 Å². The van der Waals surface area contributed by atoms with Gasteiger partial charge in [-0.3, -0.25) is 0 Å². The highest BCUT2D eigenvalue weighted by molar-refractivity contribution is 7.71. The number of aromatic nitrogens is 4. The Morgan fingerprint density at radius 1 is 1.42 bits per heavy atom. The predicted octanol–water partition coefficient (Wildman–Crippen LogP) is 2.81. The maximum Gasteiger partial charge on any atom is 0.178 e. The van der Waals surface area contributed by atoms with Gasteiger partial charge in [0.1, 0.15) is 11.6 Å². The first-order chi connectivity index (χ1) is 9.15. The molecule has 0 spiro atoms. The maximum absolute atomic E-state index is 13.3. The molecule has 0 aliphatic carbocycles. The molecule has 0 unspecified atom stereocenters. The molecular weight excluding hydrogens is 263 g/mol. The Bertz CT molecular complexity index is 783. The highest BCUT2D eigenvalue weighted by atomic mass is 32.1. The molecule has 0 radical (unpaired) electrons. The minimum atomic E-state index is -0.257. The third kappa shape index (κ3) is 2.19. The maximum atomic E-state index is 13.3. The number of rotatable bonds is 3. The predicted molar refractivity (Wildman–Crippen MR) is 74.0 cm³/mol. The van der Waals surface area contributed by atoms with E-state index in [1.165, 1.54) is 12.1 Å². The highest BCUT2D eigenvalue weighted by Gasteiger charge is 2.07. The fraction of sp³-hybridized carbons (Fsp3) is 0.231. The third-order valence-corrected chi connectivity index (χ3v) is 3.54. The van der Waals surface area contributed by atoms with Gasteiger partial charge in [0, 0.05) is 32.4 Å². The second-order valence-electron chi connectivity index (χ2n) is 4.45. The summed E-state index contributed by atoms with van der Waals surface area (Å²) in [6.45, 7) is 0.674. The molecule has 0 atom stereocenters. The molecule has 4 nitrogen and oxygen atoms in total. The summed E-state index contributed by atoms with van der Waals surface area (Å²) < 4.78 is 17.8. The molecule has 0 amide bonds. The van der Waals surface area contributed by atoms with Crippen LogP contribution >= 0.6 is 12.2 Å². The van der Waals surface area contributed by atoms with E-state index >= 15 is 0 Å². The molecule has 1 N–H and O–H groups in total. The van der Waals surface area contributed by atoms with E-state index in [1.54, 1.807) is 12.3 Å². The Labute approximate surface area is 114 Å². The van der Waals surface area contributed by atoms with Crippen LogP contribution in [0.4, 0.5) is 4.39 Å². The van der Waals surface area contributed by atoms with Gasteiger partial charge in [-0.25, -0.2) is 9.37 Å². The van der Waals surface area contributed by atoms with E-state index < -0.39 is 0 Å². The van der Waals surface area contributed by atoms with E-state index in [0.717, 1.165) is 23.3 Å². The minimum absolute atomic E-state index is 0.257. The van der Waals surface area contributed by atoms with Gasteiger partial charge in [-0.2, -0.15) is 0 Å². The van der Waals surface area contributed by atoms with E-state index in [1.807, 2.05) is 22.4 Å². The summed E-state index contributed by atoms with van der Waals surface area (Å²) in [6.07, 6.45) is 4.42. The van der Waals surface area contributed by atoms with Crippen molar-refractivity contribution in [2.24, 2.45) is 7.05 Å². The number of fused-ring (bicyclic) bond motifs is 1. The van der Waals surface area contributed by atoms with Crippen LogP contribution in [0.1, 0.15) is 5.82 Å². The third-order valence-electron chi connectivity index (χ3n) is 3.22. The van der Waals surface area contributed by atoms with Crippen molar-refractivity contribution in [3.05, 3.63) is 47.0 Å². The Morgan fingerprint density at radius 2 is 2.26 bits per heavy atom. The Hall–Kier alpha value is -1.95. The summed E-state index contributed by atoms with van der Waals surface area (Å²) in [5.74, 6) is 0.722. The summed E-state index contributed by atoms with van der Waals surface area (Å²) in [4.78, 5) is 7.36. The molecule has 3 aromatic rings. The number of nitrogens with zero attached hydrogens (tertiary/aromatic N) is 3. The number of aryl methyl sites for hydroxylation is 3. The average molecular weight is 276 g/mol. The molecule has 2 aromatic heterocycles. The second kappa shape index (κ2) is 4.62. The fourth-order valence-electron chi connectivity index (χ4n) is 2.20. The van der Waals surface area contributed by atoms with Crippen LogP contribution in [0, 0.1) is 10.6 Å². The average Bonchev–Trinajstić information content (AvgIpc) is 2.90. The molecule has 0 aliphatic rings. The highest BCUT2D eigenvalue weighted by Crippen LogP contribution is 2.16. The number of halogens is 1. The molecular formula is C13H13FN4S. The van der Waals surface area contributed by atoms with E-state index in [4.69, 9.17) is 12.2 Å². The first kappa shape index (κ1) is 12.1. The van der Waals surface area contributed by atoms with E-state index in [2.05, 4.69) is 9.97 Å². The minimum Gasteiger partial charge on any atom is -0.338 e.